The molecule has 96 valence electrons. The molecule has 2 aromatic heterocycles. The van der Waals surface area contributed by atoms with Crippen LogP contribution in [0.4, 0.5) is 5.82 Å². The van der Waals surface area contributed by atoms with Crippen LogP contribution < -0.4 is 4.90 Å². The standard InChI is InChI=1S/C14H14N4O/c1-10-7-14(16-9-15-10)18(2)8-12-11-5-3-4-6-13(11)19-17-12/h3-7,9H,8H2,1-2H3. The molecule has 0 amide bonds. The molecule has 0 unspecified atom stereocenters. The van der Waals surface area contributed by atoms with Crippen LogP contribution in [-0.4, -0.2) is 22.2 Å². The molecule has 0 spiro atoms. The number of hydrogen-bond donors (Lipinski definition) is 0. The summed E-state index contributed by atoms with van der Waals surface area (Å²) in [6.07, 6.45) is 1.57. The molecular formula is C14H14N4O. The lowest BCUT2D eigenvalue weighted by Crippen LogP contribution is -2.18. The fourth-order valence-corrected chi connectivity index (χ4v) is 2.01. The zero-order chi connectivity index (χ0) is 13.2. The van der Waals surface area contributed by atoms with Crippen molar-refractivity contribution >= 4 is 16.8 Å². The summed E-state index contributed by atoms with van der Waals surface area (Å²) in [6, 6.07) is 9.80. The van der Waals surface area contributed by atoms with Crippen LogP contribution in [0.15, 0.2) is 41.2 Å². The Labute approximate surface area is 110 Å². The highest BCUT2D eigenvalue weighted by atomic mass is 16.5. The smallest absolute Gasteiger partial charge is 0.167 e. The van der Waals surface area contributed by atoms with E-state index in [1.165, 1.54) is 0 Å². The normalized spacial score (nSPS) is 10.8. The molecule has 3 rings (SSSR count). The lowest BCUT2D eigenvalue weighted by molar-refractivity contribution is 0.445. The molecule has 5 heteroatoms. The summed E-state index contributed by atoms with van der Waals surface area (Å²) in [6.45, 7) is 2.60. The van der Waals surface area contributed by atoms with Crippen molar-refractivity contribution in [2.24, 2.45) is 0 Å². The number of anilines is 1. The van der Waals surface area contributed by atoms with Crippen molar-refractivity contribution in [2.75, 3.05) is 11.9 Å². The van der Waals surface area contributed by atoms with Crippen LogP contribution in [0.3, 0.4) is 0 Å². The Balaban J connectivity index is 1.89. The number of benzene rings is 1. The van der Waals surface area contributed by atoms with Crippen molar-refractivity contribution in [1.82, 2.24) is 15.1 Å². The van der Waals surface area contributed by atoms with E-state index < -0.39 is 0 Å². The van der Waals surface area contributed by atoms with Crippen LogP contribution in [0, 0.1) is 6.92 Å². The zero-order valence-electron chi connectivity index (χ0n) is 10.9. The number of fused-ring (bicyclic) bond motifs is 1. The van der Waals surface area contributed by atoms with Crippen LogP contribution in [0.2, 0.25) is 0 Å². The highest BCUT2D eigenvalue weighted by Gasteiger charge is 2.11. The summed E-state index contributed by atoms with van der Waals surface area (Å²) in [5, 5.41) is 5.16. The number of para-hydroxylation sites is 1. The van der Waals surface area contributed by atoms with E-state index >= 15 is 0 Å². The third-order valence-corrected chi connectivity index (χ3v) is 3.02. The first-order valence-corrected chi connectivity index (χ1v) is 6.07. The van der Waals surface area contributed by atoms with Crippen molar-refractivity contribution in [3.8, 4) is 0 Å². The molecule has 3 aromatic rings. The summed E-state index contributed by atoms with van der Waals surface area (Å²) < 4.78 is 5.30. The van der Waals surface area contributed by atoms with Crippen LogP contribution >= 0.6 is 0 Å². The molecule has 19 heavy (non-hydrogen) atoms. The fourth-order valence-electron chi connectivity index (χ4n) is 2.01. The highest BCUT2D eigenvalue weighted by molar-refractivity contribution is 5.79. The Morgan fingerprint density at radius 1 is 1.21 bits per heavy atom. The van der Waals surface area contributed by atoms with Crippen molar-refractivity contribution in [3.05, 3.63) is 48.0 Å². The summed E-state index contributed by atoms with van der Waals surface area (Å²) in [5.41, 5.74) is 2.67. The van der Waals surface area contributed by atoms with Gasteiger partial charge in [0.2, 0.25) is 0 Å². The van der Waals surface area contributed by atoms with Gasteiger partial charge >= 0.3 is 0 Å². The summed E-state index contributed by atoms with van der Waals surface area (Å²) in [7, 11) is 1.98. The molecule has 0 N–H and O–H groups in total. The Bertz CT molecular complexity index is 707. The first kappa shape index (κ1) is 11.6. The van der Waals surface area contributed by atoms with Gasteiger partial charge in [-0.05, 0) is 19.1 Å². The number of rotatable bonds is 3. The average molecular weight is 254 g/mol. The van der Waals surface area contributed by atoms with E-state index in [1.54, 1.807) is 6.33 Å². The molecule has 0 saturated heterocycles. The number of hydrogen-bond acceptors (Lipinski definition) is 5. The van der Waals surface area contributed by atoms with Crippen LogP contribution in [0.25, 0.3) is 11.0 Å². The molecule has 0 fully saturated rings. The van der Waals surface area contributed by atoms with E-state index in [1.807, 2.05) is 49.2 Å². The Kier molecular flexibility index (Phi) is 2.87. The third-order valence-electron chi connectivity index (χ3n) is 3.02. The van der Waals surface area contributed by atoms with Crippen LogP contribution in [0.5, 0.6) is 0 Å². The van der Waals surface area contributed by atoms with Gasteiger partial charge in [-0.15, -0.1) is 0 Å². The molecule has 0 aliphatic carbocycles. The number of nitrogens with zero attached hydrogens (tertiary/aromatic N) is 4. The molecule has 5 nitrogen and oxygen atoms in total. The molecule has 0 atom stereocenters. The average Bonchev–Trinajstić information content (AvgIpc) is 2.82. The van der Waals surface area contributed by atoms with E-state index in [2.05, 4.69) is 15.1 Å². The second kappa shape index (κ2) is 4.68. The van der Waals surface area contributed by atoms with Gasteiger partial charge in [0.15, 0.2) is 5.58 Å². The van der Waals surface area contributed by atoms with E-state index in [9.17, 15) is 0 Å². The predicted octanol–water partition coefficient (Wildman–Crippen LogP) is 2.56. The maximum atomic E-state index is 5.30. The minimum atomic E-state index is 0.646. The van der Waals surface area contributed by atoms with Crippen LogP contribution in [-0.2, 0) is 6.54 Å². The van der Waals surface area contributed by atoms with E-state index in [0.717, 1.165) is 28.2 Å². The summed E-state index contributed by atoms with van der Waals surface area (Å²) in [4.78, 5) is 10.4. The van der Waals surface area contributed by atoms with E-state index in [4.69, 9.17) is 4.52 Å². The number of aryl methyl sites for hydroxylation is 1. The Hall–Kier alpha value is -2.43. The number of aromatic nitrogens is 3. The van der Waals surface area contributed by atoms with Gasteiger partial charge in [0.05, 0.1) is 6.54 Å². The second-order valence-corrected chi connectivity index (χ2v) is 4.50. The van der Waals surface area contributed by atoms with Gasteiger partial charge < -0.3 is 9.42 Å². The van der Waals surface area contributed by atoms with Gasteiger partial charge in [-0.25, -0.2) is 9.97 Å². The monoisotopic (exact) mass is 254 g/mol. The van der Waals surface area contributed by atoms with Crippen molar-refractivity contribution in [3.63, 3.8) is 0 Å². The molecule has 0 aliphatic rings. The van der Waals surface area contributed by atoms with Crippen molar-refractivity contribution in [1.29, 1.82) is 0 Å². The topological polar surface area (TPSA) is 55.1 Å². The highest BCUT2D eigenvalue weighted by Crippen LogP contribution is 2.20. The first-order chi connectivity index (χ1) is 9.24. The van der Waals surface area contributed by atoms with Crippen LogP contribution in [0.1, 0.15) is 11.4 Å². The largest absolute Gasteiger partial charge is 0.356 e. The Morgan fingerprint density at radius 3 is 2.89 bits per heavy atom. The maximum Gasteiger partial charge on any atom is 0.167 e. The SMILES string of the molecule is Cc1cc(N(C)Cc2noc3ccccc23)ncn1. The van der Waals surface area contributed by atoms with E-state index in [-0.39, 0.29) is 0 Å². The molecule has 0 saturated carbocycles. The van der Waals surface area contributed by atoms with Gasteiger partial charge in [-0.3, -0.25) is 0 Å². The van der Waals surface area contributed by atoms with E-state index in [0.29, 0.717) is 6.54 Å². The molecule has 2 heterocycles. The second-order valence-electron chi connectivity index (χ2n) is 4.50. The Morgan fingerprint density at radius 2 is 2.05 bits per heavy atom. The van der Waals surface area contributed by atoms with Gasteiger partial charge in [0, 0.05) is 24.2 Å². The van der Waals surface area contributed by atoms with Crippen molar-refractivity contribution < 1.29 is 4.52 Å². The molecule has 0 aliphatic heterocycles. The summed E-state index contributed by atoms with van der Waals surface area (Å²) >= 11 is 0. The minimum Gasteiger partial charge on any atom is -0.356 e. The third kappa shape index (κ3) is 2.27. The molecular weight excluding hydrogens is 240 g/mol. The lowest BCUT2D eigenvalue weighted by Gasteiger charge is -2.16. The molecule has 0 radical (unpaired) electrons. The van der Waals surface area contributed by atoms with Gasteiger partial charge in [0.25, 0.3) is 0 Å². The molecule has 0 bridgehead atoms. The quantitative estimate of drug-likeness (QED) is 0.719. The van der Waals surface area contributed by atoms with Crippen molar-refractivity contribution in [2.45, 2.75) is 13.5 Å². The maximum absolute atomic E-state index is 5.30. The lowest BCUT2D eigenvalue weighted by atomic mass is 10.2. The summed E-state index contributed by atoms with van der Waals surface area (Å²) in [5.74, 6) is 0.875. The molecule has 1 aromatic carbocycles. The van der Waals surface area contributed by atoms with Gasteiger partial charge in [-0.1, -0.05) is 17.3 Å². The zero-order valence-corrected chi connectivity index (χ0v) is 10.9. The van der Waals surface area contributed by atoms with Gasteiger partial charge in [-0.2, -0.15) is 0 Å². The predicted molar refractivity (Wildman–Crippen MR) is 72.9 cm³/mol. The fraction of sp³-hybridized carbons (Fsp3) is 0.214. The first-order valence-electron chi connectivity index (χ1n) is 6.07. The van der Waals surface area contributed by atoms with Gasteiger partial charge in [0.1, 0.15) is 17.8 Å². The minimum absolute atomic E-state index is 0.646.